The van der Waals surface area contributed by atoms with Gasteiger partial charge in [-0.3, -0.25) is 24.2 Å². The number of fused-ring (bicyclic) bond motifs is 1. The van der Waals surface area contributed by atoms with Crippen LogP contribution in [0.3, 0.4) is 0 Å². The summed E-state index contributed by atoms with van der Waals surface area (Å²) in [6.07, 6.45) is 0. The Kier molecular flexibility index (Phi) is 7.03. The van der Waals surface area contributed by atoms with Crippen LogP contribution in [-0.4, -0.2) is 72.8 Å². The number of imide groups is 1. The number of likely N-dealkylation sites (N-methyl/N-ethyl adjacent to an activating group) is 1. The molecule has 8 heteroatoms. The first-order chi connectivity index (χ1) is 17.9. The standard InChI is InChI=1S/C29H30N4O4/c1-31-13-15-32(16-14-31)18-20-3-8-23(9-4-20)30-27(34)22-7-12-25-26(17-22)29(36)33(28(25)35)19-21-5-10-24(37-2)11-6-21/h3-12,17H,13-16,18-19H2,1-2H3,(H,30,34). The molecule has 1 N–H and O–H groups in total. The molecule has 0 radical (unpaired) electrons. The van der Waals surface area contributed by atoms with Gasteiger partial charge in [0.1, 0.15) is 5.75 Å². The number of carbonyl (C=O) groups excluding carboxylic acids is 3. The van der Waals surface area contributed by atoms with Crippen molar-refractivity contribution in [2.75, 3.05) is 45.7 Å². The zero-order valence-electron chi connectivity index (χ0n) is 21.1. The van der Waals surface area contributed by atoms with Crippen LogP contribution in [0.15, 0.2) is 66.7 Å². The number of nitrogens with one attached hydrogen (secondary N) is 1. The van der Waals surface area contributed by atoms with Gasteiger partial charge >= 0.3 is 0 Å². The van der Waals surface area contributed by atoms with Crippen LogP contribution >= 0.6 is 0 Å². The van der Waals surface area contributed by atoms with E-state index in [1.165, 1.54) is 16.5 Å². The number of carbonyl (C=O) groups is 3. The molecule has 1 fully saturated rings. The minimum atomic E-state index is -0.404. The van der Waals surface area contributed by atoms with Gasteiger partial charge in [0.2, 0.25) is 0 Å². The third kappa shape index (κ3) is 5.40. The van der Waals surface area contributed by atoms with Crippen LogP contribution in [0.4, 0.5) is 5.69 Å². The summed E-state index contributed by atoms with van der Waals surface area (Å²) in [5.74, 6) is -0.396. The number of ether oxygens (including phenoxy) is 1. The fourth-order valence-electron chi connectivity index (χ4n) is 4.65. The third-order valence-electron chi connectivity index (χ3n) is 6.95. The van der Waals surface area contributed by atoms with E-state index in [0.29, 0.717) is 22.6 Å². The molecule has 3 aromatic rings. The molecule has 1 saturated heterocycles. The number of methoxy groups -OCH3 is 1. The summed E-state index contributed by atoms with van der Waals surface area (Å²) < 4.78 is 5.16. The van der Waals surface area contributed by atoms with E-state index in [1.54, 1.807) is 31.4 Å². The Bertz CT molecular complexity index is 1310. The van der Waals surface area contributed by atoms with Crippen molar-refractivity contribution in [2.45, 2.75) is 13.1 Å². The highest BCUT2D eigenvalue weighted by Crippen LogP contribution is 2.26. The number of hydrogen-bond acceptors (Lipinski definition) is 6. The SMILES string of the molecule is COc1ccc(CN2C(=O)c3ccc(C(=O)Nc4ccc(CN5CCN(C)CC5)cc4)cc3C2=O)cc1. The summed E-state index contributed by atoms with van der Waals surface area (Å²) in [7, 11) is 3.72. The van der Waals surface area contributed by atoms with Crippen molar-refractivity contribution in [3.05, 3.63) is 94.5 Å². The fourth-order valence-corrected chi connectivity index (χ4v) is 4.65. The van der Waals surface area contributed by atoms with Gasteiger partial charge in [-0.15, -0.1) is 0 Å². The van der Waals surface area contributed by atoms with Crippen LogP contribution in [0.5, 0.6) is 5.75 Å². The lowest BCUT2D eigenvalue weighted by Gasteiger charge is -2.32. The molecule has 0 unspecified atom stereocenters. The minimum Gasteiger partial charge on any atom is -0.497 e. The molecule has 8 nitrogen and oxygen atoms in total. The molecule has 2 aliphatic heterocycles. The van der Waals surface area contributed by atoms with Gasteiger partial charge in [0.05, 0.1) is 24.8 Å². The number of rotatable bonds is 7. The summed E-state index contributed by atoms with van der Waals surface area (Å²) in [5, 5.41) is 2.89. The molecule has 0 bridgehead atoms. The molecular weight excluding hydrogens is 468 g/mol. The highest BCUT2D eigenvalue weighted by molar-refractivity contribution is 6.22. The highest BCUT2D eigenvalue weighted by Gasteiger charge is 2.36. The van der Waals surface area contributed by atoms with E-state index in [1.807, 2.05) is 36.4 Å². The third-order valence-corrected chi connectivity index (χ3v) is 6.95. The minimum absolute atomic E-state index is 0.151. The van der Waals surface area contributed by atoms with E-state index in [4.69, 9.17) is 4.74 Å². The molecule has 190 valence electrons. The maximum absolute atomic E-state index is 13.0. The van der Waals surface area contributed by atoms with Crippen molar-refractivity contribution in [2.24, 2.45) is 0 Å². The van der Waals surface area contributed by atoms with Crippen molar-refractivity contribution >= 4 is 23.4 Å². The Labute approximate surface area is 216 Å². The molecular formula is C29H30N4O4. The number of nitrogens with zero attached hydrogens (tertiary/aromatic N) is 3. The number of hydrogen-bond donors (Lipinski definition) is 1. The maximum Gasteiger partial charge on any atom is 0.261 e. The molecule has 3 amide bonds. The smallest absolute Gasteiger partial charge is 0.261 e. The Balaban J connectivity index is 1.23. The van der Waals surface area contributed by atoms with Gasteiger partial charge in [0.25, 0.3) is 17.7 Å². The number of piperazine rings is 1. The lowest BCUT2D eigenvalue weighted by atomic mass is 10.1. The maximum atomic E-state index is 13.0. The average molecular weight is 499 g/mol. The van der Waals surface area contributed by atoms with Gasteiger partial charge in [0.15, 0.2) is 0 Å². The predicted octanol–water partition coefficient (Wildman–Crippen LogP) is 3.49. The molecule has 0 saturated carbocycles. The van der Waals surface area contributed by atoms with Gasteiger partial charge in [-0.05, 0) is 60.6 Å². The number of anilines is 1. The van der Waals surface area contributed by atoms with Gasteiger partial charge in [0, 0.05) is 44.0 Å². The quantitative estimate of drug-likeness (QED) is 0.503. The molecule has 2 heterocycles. The van der Waals surface area contributed by atoms with Crippen molar-refractivity contribution in [1.29, 1.82) is 0 Å². The van der Waals surface area contributed by atoms with E-state index in [9.17, 15) is 14.4 Å². The van der Waals surface area contributed by atoms with E-state index < -0.39 is 5.91 Å². The fraction of sp³-hybridized carbons (Fsp3) is 0.276. The second kappa shape index (κ2) is 10.5. The van der Waals surface area contributed by atoms with E-state index in [0.717, 1.165) is 38.3 Å². The Morgan fingerprint density at radius 3 is 2.11 bits per heavy atom. The second-order valence-electron chi connectivity index (χ2n) is 9.54. The monoisotopic (exact) mass is 498 g/mol. The molecule has 0 aromatic heterocycles. The van der Waals surface area contributed by atoms with Crippen LogP contribution in [-0.2, 0) is 13.1 Å². The van der Waals surface area contributed by atoms with Crippen LogP contribution in [0.2, 0.25) is 0 Å². The van der Waals surface area contributed by atoms with Gasteiger partial charge in [-0.1, -0.05) is 24.3 Å². The molecule has 37 heavy (non-hydrogen) atoms. The molecule has 5 rings (SSSR count). The summed E-state index contributed by atoms with van der Waals surface area (Å²) in [6, 6.07) is 19.7. The van der Waals surface area contributed by atoms with Crippen molar-refractivity contribution in [3.8, 4) is 5.75 Å². The zero-order chi connectivity index (χ0) is 25.9. The second-order valence-corrected chi connectivity index (χ2v) is 9.54. The van der Waals surface area contributed by atoms with Gasteiger partial charge in [-0.2, -0.15) is 0 Å². The summed E-state index contributed by atoms with van der Waals surface area (Å²) in [5.41, 5.74) is 3.56. The average Bonchev–Trinajstić information content (AvgIpc) is 3.15. The Morgan fingerprint density at radius 2 is 1.43 bits per heavy atom. The number of amides is 3. The number of benzene rings is 3. The van der Waals surface area contributed by atoms with Crippen molar-refractivity contribution in [1.82, 2.24) is 14.7 Å². The van der Waals surface area contributed by atoms with Crippen LogP contribution in [0.1, 0.15) is 42.2 Å². The summed E-state index contributed by atoms with van der Waals surface area (Å²) in [4.78, 5) is 44.8. The highest BCUT2D eigenvalue weighted by atomic mass is 16.5. The molecule has 0 spiro atoms. The first-order valence-corrected chi connectivity index (χ1v) is 12.4. The van der Waals surface area contributed by atoms with Gasteiger partial charge < -0.3 is 15.0 Å². The molecule has 2 aliphatic rings. The summed E-state index contributed by atoms with van der Waals surface area (Å²) >= 11 is 0. The zero-order valence-corrected chi connectivity index (χ0v) is 21.1. The van der Waals surface area contributed by atoms with Crippen molar-refractivity contribution in [3.63, 3.8) is 0 Å². The van der Waals surface area contributed by atoms with Crippen LogP contribution < -0.4 is 10.1 Å². The Morgan fingerprint density at radius 1 is 0.811 bits per heavy atom. The lowest BCUT2D eigenvalue weighted by molar-refractivity contribution is 0.0642. The summed E-state index contributed by atoms with van der Waals surface area (Å²) in [6.45, 7) is 5.27. The normalized spacial score (nSPS) is 16.1. The molecule has 3 aromatic carbocycles. The van der Waals surface area contributed by atoms with E-state index in [-0.39, 0.29) is 23.9 Å². The molecule has 0 aliphatic carbocycles. The largest absolute Gasteiger partial charge is 0.497 e. The van der Waals surface area contributed by atoms with E-state index in [2.05, 4.69) is 22.2 Å². The predicted molar refractivity (Wildman–Crippen MR) is 141 cm³/mol. The topological polar surface area (TPSA) is 82.2 Å². The molecule has 0 atom stereocenters. The van der Waals surface area contributed by atoms with Crippen LogP contribution in [0.25, 0.3) is 0 Å². The van der Waals surface area contributed by atoms with Crippen LogP contribution in [0, 0.1) is 0 Å². The first-order valence-electron chi connectivity index (χ1n) is 12.4. The lowest BCUT2D eigenvalue weighted by Crippen LogP contribution is -2.43. The van der Waals surface area contributed by atoms with E-state index >= 15 is 0 Å². The first kappa shape index (κ1) is 24.7. The van der Waals surface area contributed by atoms with Gasteiger partial charge in [-0.25, -0.2) is 0 Å². The van der Waals surface area contributed by atoms with Crippen molar-refractivity contribution < 1.29 is 19.1 Å². The Hall–Kier alpha value is -4.01.